The number of hydrogen-bond acceptors (Lipinski definition) is 7. The number of H-pyrrole nitrogens is 1. The number of alkyl halides is 2. The molecule has 1 aliphatic heterocycles. The number of fused-ring (bicyclic) bond motifs is 3. The lowest BCUT2D eigenvalue weighted by Crippen LogP contribution is -2.32. The van der Waals surface area contributed by atoms with Crippen LogP contribution in [0.2, 0.25) is 0 Å². The Labute approximate surface area is 164 Å². The van der Waals surface area contributed by atoms with E-state index in [4.69, 9.17) is 10.3 Å². The fourth-order valence-corrected chi connectivity index (χ4v) is 4.30. The van der Waals surface area contributed by atoms with E-state index in [1.807, 2.05) is 10.5 Å². The second-order valence-electron chi connectivity index (χ2n) is 7.29. The van der Waals surface area contributed by atoms with Crippen LogP contribution in [0.3, 0.4) is 0 Å². The minimum absolute atomic E-state index is 0.139. The molecule has 0 spiro atoms. The summed E-state index contributed by atoms with van der Waals surface area (Å²) < 4.78 is 55.5. The molecule has 4 N–H and O–H groups in total. The van der Waals surface area contributed by atoms with Gasteiger partial charge in [0.2, 0.25) is 0 Å². The summed E-state index contributed by atoms with van der Waals surface area (Å²) in [6.07, 6.45) is 2.85. The first-order valence-electron chi connectivity index (χ1n) is 9.15. The number of halogens is 2. The summed E-state index contributed by atoms with van der Waals surface area (Å²) in [5.74, 6) is 0.635. The molecule has 29 heavy (non-hydrogen) atoms. The molecule has 158 valence electrons. The second-order valence-corrected chi connectivity index (χ2v) is 8.99. The van der Waals surface area contributed by atoms with Gasteiger partial charge in [0.25, 0.3) is 16.5 Å². The molecular weight excluding hydrogens is 408 g/mol. The minimum Gasteiger partial charge on any atom is -0.345 e. The highest BCUT2D eigenvalue weighted by Gasteiger charge is 2.36. The van der Waals surface area contributed by atoms with E-state index >= 15 is 0 Å². The molecule has 2 atom stereocenters. The summed E-state index contributed by atoms with van der Waals surface area (Å²) in [6, 6.07) is 1.47. The summed E-state index contributed by atoms with van der Waals surface area (Å²) in [6.45, 7) is 0.125. The van der Waals surface area contributed by atoms with Crippen LogP contribution in [0.15, 0.2) is 18.5 Å². The molecular formula is C16H21F2N7O3S. The zero-order valence-corrected chi connectivity index (χ0v) is 16.1. The van der Waals surface area contributed by atoms with Crippen molar-refractivity contribution >= 4 is 26.9 Å². The number of nitrogens with zero attached hydrogens (tertiary/aromatic N) is 5. The van der Waals surface area contributed by atoms with Gasteiger partial charge in [0.05, 0.1) is 29.6 Å². The van der Waals surface area contributed by atoms with Gasteiger partial charge >= 0.3 is 0 Å². The van der Waals surface area contributed by atoms with E-state index in [1.165, 1.54) is 0 Å². The fourth-order valence-electron chi connectivity index (χ4n) is 3.57. The molecule has 0 bridgehead atoms. The number of nitrogens with two attached hydrogens (primary N) is 1. The quantitative estimate of drug-likeness (QED) is 0.521. The van der Waals surface area contributed by atoms with Crippen molar-refractivity contribution in [1.29, 1.82) is 0 Å². The van der Waals surface area contributed by atoms with Gasteiger partial charge < -0.3 is 10.7 Å². The summed E-state index contributed by atoms with van der Waals surface area (Å²) in [5, 5.41) is 7.91. The zero-order valence-electron chi connectivity index (χ0n) is 15.3. The number of nitrogens with one attached hydrogen (secondary N) is 1. The average molecular weight is 429 g/mol. The van der Waals surface area contributed by atoms with Crippen molar-refractivity contribution in [2.45, 2.75) is 43.0 Å². The van der Waals surface area contributed by atoms with Crippen molar-refractivity contribution in [3.8, 4) is 0 Å². The van der Waals surface area contributed by atoms with Gasteiger partial charge in [0.15, 0.2) is 17.1 Å². The van der Waals surface area contributed by atoms with Gasteiger partial charge in [-0.25, -0.2) is 13.8 Å². The maximum Gasteiger partial charge on any atom is 0.267 e. The molecule has 2 aliphatic rings. The van der Waals surface area contributed by atoms with Crippen LogP contribution in [0.1, 0.15) is 31.1 Å². The summed E-state index contributed by atoms with van der Waals surface area (Å²) >= 11 is 0. The molecule has 2 fully saturated rings. The fraction of sp³-hybridized carbons (Fsp3) is 0.562. The Kier molecular flexibility index (Phi) is 5.23. The highest BCUT2D eigenvalue weighted by molar-refractivity contribution is 7.86. The van der Waals surface area contributed by atoms with Crippen LogP contribution < -0.4 is 5.73 Å². The van der Waals surface area contributed by atoms with Gasteiger partial charge in [-0.3, -0.25) is 13.9 Å². The average Bonchev–Trinajstić information content (AvgIpc) is 3.10. The number of hydrogen-bond donors (Lipinski definition) is 3. The number of likely N-dealkylation sites (tertiary alicyclic amines) is 1. The topological polar surface area (TPSA) is 142 Å². The lowest BCUT2D eigenvalue weighted by atomic mass is 10.1. The van der Waals surface area contributed by atoms with Crippen LogP contribution in [0, 0.1) is 0 Å². The monoisotopic (exact) mass is 429 g/mol. The van der Waals surface area contributed by atoms with Crippen molar-refractivity contribution < 1.29 is 21.8 Å². The highest BCUT2D eigenvalue weighted by atomic mass is 32.2. The van der Waals surface area contributed by atoms with Gasteiger partial charge in [-0.05, 0) is 25.3 Å². The Morgan fingerprint density at radius 3 is 2.72 bits per heavy atom. The lowest BCUT2D eigenvalue weighted by molar-refractivity contribution is 0.0801. The van der Waals surface area contributed by atoms with Crippen molar-refractivity contribution in [2.24, 2.45) is 5.73 Å². The van der Waals surface area contributed by atoms with Crippen molar-refractivity contribution in [3.63, 3.8) is 0 Å². The number of aromatic amines is 1. The van der Waals surface area contributed by atoms with Crippen molar-refractivity contribution in [1.82, 2.24) is 29.5 Å². The van der Waals surface area contributed by atoms with E-state index in [0.717, 1.165) is 5.52 Å². The van der Waals surface area contributed by atoms with E-state index in [0.29, 0.717) is 42.9 Å². The Bertz CT molecular complexity index is 1110. The van der Waals surface area contributed by atoms with Gasteiger partial charge in [0, 0.05) is 18.8 Å². The van der Waals surface area contributed by atoms with Crippen LogP contribution in [0.4, 0.5) is 8.78 Å². The predicted molar refractivity (Wildman–Crippen MR) is 100 cm³/mol. The molecule has 13 heteroatoms. The maximum atomic E-state index is 12.8. The molecule has 0 amide bonds. The lowest BCUT2D eigenvalue weighted by Gasteiger charge is -2.22. The first kappa shape index (κ1) is 20.1. The Morgan fingerprint density at radius 1 is 1.34 bits per heavy atom. The Balaban J connectivity index is 0.000000249. The number of aromatic nitrogens is 5. The van der Waals surface area contributed by atoms with E-state index in [2.05, 4.69) is 20.2 Å². The molecule has 5 rings (SSSR count). The Hall–Kier alpha value is -2.22. The second kappa shape index (κ2) is 7.55. The smallest absolute Gasteiger partial charge is 0.267 e. The van der Waals surface area contributed by atoms with Crippen LogP contribution >= 0.6 is 0 Å². The van der Waals surface area contributed by atoms with Gasteiger partial charge in [-0.1, -0.05) is 0 Å². The minimum atomic E-state index is -3.63. The Morgan fingerprint density at radius 2 is 2.10 bits per heavy atom. The molecule has 1 saturated carbocycles. The molecule has 0 radical (unpaired) electrons. The first-order valence-corrected chi connectivity index (χ1v) is 10.7. The third-order valence-electron chi connectivity index (χ3n) is 5.02. The SMILES string of the molecule is N[C@@H]1C[C@H](c2nnc3cnc4[nH]ccc4n23)N(CC(F)F)C1.O=S(=O)(O)C1CC1. The first-order chi connectivity index (χ1) is 13.7. The molecule has 0 aromatic carbocycles. The van der Waals surface area contributed by atoms with Crippen molar-refractivity contribution in [3.05, 3.63) is 24.3 Å². The third kappa shape index (κ3) is 4.22. The van der Waals surface area contributed by atoms with Gasteiger partial charge in [0.1, 0.15) is 0 Å². The molecule has 3 aromatic heterocycles. The molecule has 3 aromatic rings. The van der Waals surface area contributed by atoms with Crippen molar-refractivity contribution in [2.75, 3.05) is 13.1 Å². The van der Waals surface area contributed by atoms with Crippen LogP contribution in [-0.2, 0) is 10.1 Å². The largest absolute Gasteiger partial charge is 0.345 e. The summed E-state index contributed by atoms with van der Waals surface area (Å²) in [5.41, 5.74) is 8.10. The van der Waals surface area contributed by atoms with E-state index < -0.39 is 21.8 Å². The zero-order chi connectivity index (χ0) is 20.8. The normalized spacial score (nSPS) is 23.1. The third-order valence-corrected chi connectivity index (χ3v) is 6.33. The molecule has 1 aliphatic carbocycles. The van der Waals surface area contributed by atoms with E-state index in [1.54, 1.807) is 17.3 Å². The standard InChI is InChI=1S/C13H15F2N7.C3H6O3S/c14-10(15)6-21-5-7(16)3-9(21)13-20-19-11-4-18-12-8(22(11)13)1-2-17-12;4-7(5,6)3-1-2-3/h1-2,4,7,9-10,17H,3,5-6,16H2;3H,1-2H2,(H,4,5,6)/t7-,9-;/m1./s1. The van der Waals surface area contributed by atoms with Crippen LogP contribution in [-0.4, -0.2) is 73.2 Å². The number of rotatable bonds is 4. The molecule has 4 heterocycles. The van der Waals surface area contributed by atoms with Gasteiger partial charge in [-0.2, -0.15) is 8.42 Å². The summed E-state index contributed by atoms with van der Waals surface area (Å²) in [4.78, 5) is 8.97. The molecule has 10 nitrogen and oxygen atoms in total. The van der Waals surface area contributed by atoms with Gasteiger partial charge in [-0.15, -0.1) is 10.2 Å². The van der Waals surface area contributed by atoms with E-state index in [-0.39, 0.29) is 18.6 Å². The summed E-state index contributed by atoms with van der Waals surface area (Å²) in [7, 11) is -3.63. The van der Waals surface area contributed by atoms with Crippen LogP contribution in [0.5, 0.6) is 0 Å². The maximum absolute atomic E-state index is 12.8. The predicted octanol–water partition coefficient (Wildman–Crippen LogP) is 0.981. The highest BCUT2D eigenvalue weighted by Crippen LogP contribution is 2.32. The van der Waals surface area contributed by atoms with E-state index in [9.17, 15) is 17.2 Å². The molecule has 0 unspecified atom stereocenters. The van der Waals surface area contributed by atoms with Crippen LogP contribution in [0.25, 0.3) is 16.8 Å². The molecule has 1 saturated heterocycles.